The van der Waals surface area contributed by atoms with Gasteiger partial charge in [-0.3, -0.25) is 14.8 Å². The number of aromatic amines is 2. The third-order valence-electron chi connectivity index (χ3n) is 4.03. The van der Waals surface area contributed by atoms with Crippen LogP contribution < -0.4 is 11.2 Å². The van der Waals surface area contributed by atoms with Crippen molar-refractivity contribution in [1.82, 2.24) is 20.2 Å². The van der Waals surface area contributed by atoms with Crippen molar-refractivity contribution in [3.05, 3.63) is 80.0 Å². The number of halogens is 1. The molecule has 1 aromatic carbocycles. The molecule has 0 saturated heterocycles. The Morgan fingerprint density at radius 3 is 2.45 bits per heavy atom. The van der Waals surface area contributed by atoms with Gasteiger partial charge in [-0.25, -0.2) is 9.18 Å². The predicted molar refractivity (Wildman–Crippen MR) is 116 cm³/mol. The molecule has 9 heteroatoms. The number of aryl methyl sites for hydroxylation is 1. The molecule has 0 aliphatic carbocycles. The van der Waals surface area contributed by atoms with E-state index in [4.69, 9.17) is 0 Å². The molecule has 2 unspecified atom stereocenters. The minimum absolute atomic E-state index is 0.202. The van der Waals surface area contributed by atoms with E-state index in [-0.39, 0.29) is 17.4 Å². The van der Waals surface area contributed by atoms with Crippen molar-refractivity contribution in [2.24, 2.45) is 4.99 Å². The van der Waals surface area contributed by atoms with E-state index >= 15 is 0 Å². The fourth-order valence-electron chi connectivity index (χ4n) is 2.54. The molecule has 3 rings (SSSR count). The van der Waals surface area contributed by atoms with Gasteiger partial charge in [0.2, 0.25) is 0 Å². The van der Waals surface area contributed by atoms with Gasteiger partial charge in [-0.1, -0.05) is 35.2 Å². The molecule has 0 aliphatic rings. The molecule has 2 heterocycles. The zero-order chi connectivity index (χ0) is 21.6. The Morgan fingerprint density at radius 1 is 1.17 bits per heavy atom. The standard InChI is InChI=1S/C18H17FN5O2P.C2H6/c1-9(11-3-5-12(19)6-4-11)21-17(27)13-7-15(24-23-10(13)2)14-8-20-18(26)22-16(14)25;1-2/h3-9H,27H2,1-2H3,(H2,20,22,25,26);1-2H3. The van der Waals surface area contributed by atoms with Crippen LogP contribution in [0.25, 0.3) is 11.3 Å². The van der Waals surface area contributed by atoms with Gasteiger partial charge in [-0.15, -0.1) is 5.10 Å². The molecule has 0 fully saturated rings. The summed E-state index contributed by atoms with van der Waals surface area (Å²) in [4.78, 5) is 32.4. The first-order chi connectivity index (χ1) is 13.8. The normalized spacial score (nSPS) is 12.1. The monoisotopic (exact) mass is 415 g/mol. The number of aromatic nitrogens is 4. The number of nitrogens with zero attached hydrogens (tertiary/aromatic N) is 3. The van der Waals surface area contributed by atoms with E-state index in [9.17, 15) is 14.0 Å². The maximum Gasteiger partial charge on any atom is 0.325 e. The highest BCUT2D eigenvalue weighted by atomic mass is 31.0. The van der Waals surface area contributed by atoms with Gasteiger partial charge in [0.25, 0.3) is 5.56 Å². The average molecular weight is 415 g/mol. The summed E-state index contributed by atoms with van der Waals surface area (Å²) in [7, 11) is 2.55. The zero-order valence-electron chi connectivity index (χ0n) is 16.7. The van der Waals surface area contributed by atoms with Gasteiger partial charge in [0, 0.05) is 11.8 Å². The zero-order valence-corrected chi connectivity index (χ0v) is 17.8. The summed E-state index contributed by atoms with van der Waals surface area (Å²) in [5.41, 5.74) is 2.21. The maximum atomic E-state index is 13.1. The molecule has 0 saturated carbocycles. The van der Waals surface area contributed by atoms with Crippen LogP contribution >= 0.6 is 9.24 Å². The molecule has 0 aliphatic heterocycles. The van der Waals surface area contributed by atoms with Gasteiger partial charge in [0.05, 0.1) is 22.8 Å². The van der Waals surface area contributed by atoms with Gasteiger partial charge in [-0.2, -0.15) is 5.10 Å². The Morgan fingerprint density at radius 2 is 1.83 bits per heavy atom. The van der Waals surface area contributed by atoms with Gasteiger partial charge < -0.3 is 4.98 Å². The largest absolute Gasteiger partial charge is 0.325 e. The average Bonchev–Trinajstić information content (AvgIpc) is 2.70. The summed E-state index contributed by atoms with van der Waals surface area (Å²) in [6, 6.07) is 7.64. The van der Waals surface area contributed by atoms with Crippen molar-refractivity contribution in [1.29, 1.82) is 0 Å². The quantitative estimate of drug-likeness (QED) is 0.504. The Balaban J connectivity index is 0.00000145. The van der Waals surface area contributed by atoms with E-state index in [1.165, 1.54) is 18.3 Å². The lowest BCUT2D eigenvalue weighted by Gasteiger charge is -2.11. The molecule has 0 amide bonds. The number of H-pyrrole nitrogens is 2. The third kappa shape index (κ3) is 5.51. The van der Waals surface area contributed by atoms with Crippen LogP contribution in [0.4, 0.5) is 4.39 Å². The third-order valence-corrected chi connectivity index (χ3v) is 4.49. The van der Waals surface area contributed by atoms with E-state index < -0.39 is 11.2 Å². The van der Waals surface area contributed by atoms with Crippen LogP contribution in [0.5, 0.6) is 0 Å². The molecule has 2 N–H and O–H groups in total. The molecule has 3 aromatic rings. The van der Waals surface area contributed by atoms with E-state index in [0.29, 0.717) is 22.4 Å². The van der Waals surface area contributed by atoms with Crippen LogP contribution in [-0.4, -0.2) is 25.6 Å². The molecule has 29 heavy (non-hydrogen) atoms. The first-order valence-corrected chi connectivity index (χ1v) is 9.68. The Bertz CT molecular complexity index is 1120. The van der Waals surface area contributed by atoms with Crippen LogP contribution in [0.15, 0.2) is 51.1 Å². The van der Waals surface area contributed by atoms with Crippen molar-refractivity contribution < 1.29 is 4.39 Å². The van der Waals surface area contributed by atoms with Crippen LogP contribution in [0, 0.1) is 12.7 Å². The van der Waals surface area contributed by atoms with E-state index in [0.717, 1.165) is 5.56 Å². The smallest absolute Gasteiger partial charge is 0.313 e. The molecule has 152 valence electrons. The number of hydrogen-bond donors (Lipinski definition) is 2. The fraction of sp³-hybridized carbons (Fsp3) is 0.250. The van der Waals surface area contributed by atoms with Gasteiger partial charge >= 0.3 is 5.69 Å². The summed E-state index contributed by atoms with van der Waals surface area (Å²) in [5.74, 6) is -0.300. The molecular formula is C20H23FN5O2P. The second-order valence-electron chi connectivity index (χ2n) is 5.96. The highest BCUT2D eigenvalue weighted by Gasteiger charge is 2.13. The topological polar surface area (TPSA) is 104 Å². The van der Waals surface area contributed by atoms with Gasteiger partial charge in [0.1, 0.15) is 11.5 Å². The van der Waals surface area contributed by atoms with Gasteiger partial charge in [-0.05, 0) is 37.6 Å². The van der Waals surface area contributed by atoms with E-state index in [1.807, 2.05) is 20.8 Å². The molecule has 7 nitrogen and oxygen atoms in total. The van der Waals surface area contributed by atoms with Crippen LogP contribution in [0.1, 0.15) is 43.6 Å². The predicted octanol–water partition coefficient (Wildman–Crippen LogP) is 3.38. The van der Waals surface area contributed by atoms with Crippen LogP contribution in [0.2, 0.25) is 0 Å². The Hall–Kier alpha value is -2.99. The van der Waals surface area contributed by atoms with E-state index in [1.54, 1.807) is 25.1 Å². The summed E-state index contributed by atoms with van der Waals surface area (Å²) in [6.07, 6.45) is 1.30. The number of hydrogen-bond acceptors (Lipinski definition) is 5. The summed E-state index contributed by atoms with van der Waals surface area (Å²) < 4.78 is 13.1. The Kier molecular flexibility index (Phi) is 7.67. The maximum absolute atomic E-state index is 13.1. The lowest BCUT2D eigenvalue weighted by Crippen LogP contribution is -2.23. The van der Waals surface area contributed by atoms with Crippen molar-refractivity contribution in [3.63, 3.8) is 0 Å². The SMILES string of the molecule is CC.Cc1nnc(-c2c[nH]c(=O)[nH]c2=O)cc1C(P)=NC(C)c1ccc(F)cc1. The molecular weight excluding hydrogens is 392 g/mol. The highest BCUT2D eigenvalue weighted by molar-refractivity contribution is 7.42. The number of aliphatic imine (C=N–C) groups is 1. The summed E-state index contributed by atoms with van der Waals surface area (Å²) >= 11 is 0. The minimum Gasteiger partial charge on any atom is -0.313 e. The fourth-order valence-corrected chi connectivity index (χ4v) is 3.05. The van der Waals surface area contributed by atoms with Crippen molar-refractivity contribution in [3.8, 4) is 11.3 Å². The molecule has 0 radical (unpaired) electrons. The molecule has 2 aromatic heterocycles. The van der Waals surface area contributed by atoms with Crippen LogP contribution in [0.3, 0.4) is 0 Å². The first-order valence-electron chi connectivity index (χ1n) is 9.11. The number of benzene rings is 1. The molecule has 0 spiro atoms. The van der Waals surface area contributed by atoms with Gasteiger partial charge in [0.15, 0.2) is 0 Å². The van der Waals surface area contributed by atoms with Crippen LogP contribution in [-0.2, 0) is 0 Å². The minimum atomic E-state index is -0.592. The highest BCUT2D eigenvalue weighted by Crippen LogP contribution is 2.22. The summed E-state index contributed by atoms with van der Waals surface area (Å²) in [6.45, 7) is 7.68. The lowest BCUT2D eigenvalue weighted by atomic mass is 10.1. The van der Waals surface area contributed by atoms with Crippen molar-refractivity contribution in [2.45, 2.75) is 33.7 Å². The second kappa shape index (κ2) is 9.98. The first kappa shape index (κ1) is 22.3. The Labute approximate surface area is 169 Å². The van der Waals surface area contributed by atoms with Crippen molar-refractivity contribution in [2.75, 3.05) is 0 Å². The molecule has 2 atom stereocenters. The molecule has 0 bridgehead atoms. The lowest BCUT2D eigenvalue weighted by molar-refractivity contribution is 0.626. The number of rotatable bonds is 4. The summed E-state index contributed by atoms with van der Waals surface area (Å²) in [5, 5.41) is 8.12. The van der Waals surface area contributed by atoms with E-state index in [2.05, 4.69) is 34.4 Å². The second-order valence-corrected chi connectivity index (χ2v) is 6.50. The van der Waals surface area contributed by atoms with Crippen molar-refractivity contribution >= 4 is 14.7 Å². The number of nitrogens with one attached hydrogen (secondary N) is 2.